The number of hydrogen-bond donors (Lipinski definition) is 2. The Morgan fingerprint density at radius 1 is 1.50 bits per heavy atom. The Morgan fingerprint density at radius 3 is 2.81 bits per heavy atom. The number of rotatable bonds is 6. The third kappa shape index (κ3) is 4.49. The molecule has 94 valence electrons. The Kier molecular flexibility index (Phi) is 5.77. The molecule has 0 radical (unpaired) electrons. The van der Waals surface area contributed by atoms with E-state index in [9.17, 15) is 4.79 Å². The van der Waals surface area contributed by atoms with Gasteiger partial charge in [-0.1, -0.05) is 6.92 Å². The summed E-state index contributed by atoms with van der Waals surface area (Å²) in [4.78, 5) is 11.7. The van der Waals surface area contributed by atoms with Crippen LogP contribution in [0.4, 0.5) is 0 Å². The van der Waals surface area contributed by atoms with Gasteiger partial charge in [-0.05, 0) is 33.1 Å². The zero-order chi connectivity index (χ0) is 12.0. The van der Waals surface area contributed by atoms with E-state index in [1.807, 2.05) is 13.8 Å². The van der Waals surface area contributed by atoms with Crippen molar-refractivity contribution < 1.29 is 9.53 Å². The molecule has 1 amide bonds. The van der Waals surface area contributed by atoms with E-state index in [0.29, 0.717) is 6.10 Å². The zero-order valence-corrected chi connectivity index (χ0v) is 10.6. The van der Waals surface area contributed by atoms with E-state index in [2.05, 4.69) is 17.6 Å². The molecule has 1 aliphatic heterocycles. The number of ether oxygens (including phenoxy) is 1. The molecule has 0 aromatic heterocycles. The van der Waals surface area contributed by atoms with Crippen LogP contribution < -0.4 is 10.6 Å². The molecule has 3 atom stereocenters. The lowest BCUT2D eigenvalue weighted by Crippen LogP contribution is -2.47. The summed E-state index contributed by atoms with van der Waals surface area (Å²) in [5.41, 5.74) is 0. The molecule has 4 heteroatoms. The van der Waals surface area contributed by atoms with Gasteiger partial charge in [0, 0.05) is 19.2 Å². The van der Waals surface area contributed by atoms with Crippen molar-refractivity contribution in [3.05, 3.63) is 0 Å². The van der Waals surface area contributed by atoms with Crippen molar-refractivity contribution in [3.8, 4) is 0 Å². The molecular weight excluding hydrogens is 204 g/mol. The summed E-state index contributed by atoms with van der Waals surface area (Å²) in [6.07, 6.45) is 3.50. The average Bonchev–Trinajstić information content (AvgIpc) is 2.78. The Bertz CT molecular complexity index is 215. The van der Waals surface area contributed by atoms with Gasteiger partial charge in [0.05, 0.1) is 12.1 Å². The summed E-state index contributed by atoms with van der Waals surface area (Å²) in [6, 6.07) is 0.109. The van der Waals surface area contributed by atoms with E-state index in [-0.39, 0.29) is 18.0 Å². The van der Waals surface area contributed by atoms with Gasteiger partial charge in [-0.15, -0.1) is 0 Å². The van der Waals surface area contributed by atoms with Gasteiger partial charge in [-0.2, -0.15) is 0 Å². The van der Waals surface area contributed by atoms with Crippen molar-refractivity contribution in [2.75, 3.05) is 13.2 Å². The molecule has 3 unspecified atom stereocenters. The van der Waals surface area contributed by atoms with Crippen molar-refractivity contribution in [1.29, 1.82) is 0 Å². The lowest BCUT2D eigenvalue weighted by molar-refractivity contribution is -0.123. The third-order valence-corrected chi connectivity index (χ3v) is 3.07. The van der Waals surface area contributed by atoms with Gasteiger partial charge in [0.25, 0.3) is 0 Å². The molecule has 1 heterocycles. The van der Waals surface area contributed by atoms with Gasteiger partial charge in [0.2, 0.25) is 5.91 Å². The molecule has 0 aromatic carbocycles. The van der Waals surface area contributed by atoms with E-state index < -0.39 is 0 Å². The van der Waals surface area contributed by atoms with Crippen LogP contribution in [0.2, 0.25) is 0 Å². The first-order valence-corrected chi connectivity index (χ1v) is 6.28. The molecule has 1 fully saturated rings. The van der Waals surface area contributed by atoms with Crippen molar-refractivity contribution in [2.45, 2.75) is 58.2 Å². The van der Waals surface area contributed by atoms with Crippen LogP contribution in [0.3, 0.4) is 0 Å². The van der Waals surface area contributed by atoms with Crippen LogP contribution in [0.15, 0.2) is 0 Å². The molecule has 1 rings (SSSR count). The number of carbonyl (C=O) groups is 1. The highest BCUT2D eigenvalue weighted by Crippen LogP contribution is 2.10. The van der Waals surface area contributed by atoms with E-state index >= 15 is 0 Å². The highest BCUT2D eigenvalue weighted by molar-refractivity contribution is 5.81. The molecule has 1 aliphatic rings. The number of nitrogens with one attached hydrogen (secondary N) is 2. The average molecular weight is 228 g/mol. The first kappa shape index (κ1) is 13.5. The fourth-order valence-electron chi connectivity index (χ4n) is 1.68. The zero-order valence-electron chi connectivity index (χ0n) is 10.6. The Morgan fingerprint density at radius 2 is 2.25 bits per heavy atom. The molecule has 4 nitrogen and oxygen atoms in total. The summed E-state index contributed by atoms with van der Waals surface area (Å²) in [7, 11) is 0. The highest BCUT2D eigenvalue weighted by Gasteiger charge is 2.19. The molecule has 2 N–H and O–H groups in total. The van der Waals surface area contributed by atoms with Gasteiger partial charge in [-0.3, -0.25) is 4.79 Å². The summed E-state index contributed by atoms with van der Waals surface area (Å²) >= 11 is 0. The van der Waals surface area contributed by atoms with Crippen molar-refractivity contribution in [1.82, 2.24) is 10.6 Å². The standard InChI is InChI=1S/C12H24N2O2/c1-4-9(2)14-12(15)10(3)13-8-11-6-5-7-16-11/h9-11,13H,4-8H2,1-3H3,(H,14,15). The van der Waals surface area contributed by atoms with Crippen molar-refractivity contribution in [2.24, 2.45) is 0 Å². The van der Waals surface area contributed by atoms with Crippen LogP contribution in [0.25, 0.3) is 0 Å². The summed E-state index contributed by atoms with van der Waals surface area (Å²) in [6.45, 7) is 7.61. The van der Waals surface area contributed by atoms with Crippen LogP contribution in [0.5, 0.6) is 0 Å². The largest absolute Gasteiger partial charge is 0.377 e. The second kappa shape index (κ2) is 6.86. The highest BCUT2D eigenvalue weighted by atomic mass is 16.5. The molecule has 0 aromatic rings. The molecule has 0 spiro atoms. The minimum absolute atomic E-state index is 0.0762. The van der Waals surface area contributed by atoms with Gasteiger partial charge in [0.15, 0.2) is 0 Å². The van der Waals surface area contributed by atoms with E-state index in [4.69, 9.17) is 4.74 Å². The summed E-state index contributed by atoms with van der Waals surface area (Å²) < 4.78 is 5.49. The van der Waals surface area contributed by atoms with Crippen LogP contribution in [0.1, 0.15) is 40.0 Å². The maximum absolute atomic E-state index is 11.7. The predicted molar refractivity (Wildman–Crippen MR) is 64.3 cm³/mol. The molecule has 0 saturated carbocycles. The first-order valence-electron chi connectivity index (χ1n) is 6.28. The van der Waals surface area contributed by atoms with Crippen LogP contribution in [0, 0.1) is 0 Å². The normalized spacial score (nSPS) is 24.1. The molecular formula is C12H24N2O2. The van der Waals surface area contributed by atoms with Gasteiger partial charge >= 0.3 is 0 Å². The smallest absolute Gasteiger partial charge is 0.237 e. The van der Waals surface area contributed by atoms with Gasteiger partial charge < -0.3 is 15.4 Å². The lowest BCUT2D eigenvalue weighted by Gasteiger charge is -2.19. The topological polar surface area (TPSA) is 50.4 Å². The van der Waals surface area contributed by atoms with Gasteiger partial charge in [-0.25, -0.2) is 0 Å². The van der Waals surface area contributed by atoms with Gasteiger partial charge in [0.1, 0.15) is 0 Å². The van der Waals surface area contributed by atoms with Crippen LogP contribution in [-0.2, 0) is 9.53 Å². The monoisotopic (exact) mass is 228 g/mol. The third-order valence-electron chi connectivity index (χ3n) is 3.07. The quantitative estimate of drug-likeness (QED) is 0.714. The van der Waals surface area contributed by atoms with Crippen molar-refractivity contribution in [3.63, 3.8) is 0 Å². The minimum atomic E-state index is -0.141. The van der Waals surface area contributed by atoms with Crippen LogP contribution >= 0.6 is 0 Å². The number of carbonyl (C=O) groups excluding carboxylic acids is 1. The Labute approximate surface area is 98.1 Å². The van der Waals surface area contributed by atoms with Crippen molar-refractivity contribution >= 4 is 5.91 Å². The fourth-order valence-corrected chi connectivity index (χ4v) is 1.68. The second-order valence-corrected chi connectivity index (χ2v) is 4.58. The number of amides is 1. The minimum Gasteiger partial charge on any atom is -0.377 e. The van der Waals surface area contributed by atoms with Crippen LogP contribution in [-0.4, -0.2) is 37.2 Å². The Balaban J connectivity index is 2.17. The fraction of sp³-hybridized carbons (Fsp3) is 0.917. The molecule has 16 heavy (non-hydrogen) atoms. The van der Waals surface area contributed by atoms with E-state index in [1.165, 1.54) is 0 Å². The predicted octanol–water partition coefficient (Wildman–Crippen LogP) is 1.06. The van der Waals surface area contributed by atoms with E-state index in [1.54, 1.807) is 0 Å². The maximum Gasteiger partial charge on any atom is 0.237 e. The maximum atomic E-state index is 11.7. The lowest BCUT2D eigenvalue weighted by atomic mass is 10.2. The molecule has 0 bridgehead atoms. The summed E-state index contributed by atoms with van der Waals surface area (Å²) in [5, 5.41) is 6.18. The summed E-state index contributed by atoms with van der Waals surface area (Å²) in [5.74, 6) is 0.0762. The number of hydrogen-bond acceptors (Lipinski definition) is 3. The SMILES string of the molecule is CCC(C)NC(=O)C(C)NCC1CCCO1. The first-order chi connectivity index (χ1) is 7.63. The molecule has 0 aliphatic carbocycles. The van der Waals surface area contributed by atoms with E-state index in [0.717, 1.165) is 32.4 Å². The second-order valence-electron chi connectivity index (χ2n) is 4.58. The molecule has 1 saturated heterocycles. The Hall–Kier alpha value is -0.610.